The molecule has 2 aliphatic rings. The summed E-state index contributed by atoms with van der Waals surface area (Å²) in [6.45, 7) is 8.61. The average molecular weight is 408 g/mol. The maximum Gasteiger partial charge on any atom is 0.0841 e. The van der Waals surface area contributed by atoms with E-state index in [2.05, 4.69) is 70.8 Å². The van der Waals surface area contributed by atoms with Crippen LogP contribution >= 0.6 is 11.3 Å². The van der Waals surface area contributed by atoms with Gasteiger partial charge in [0.15, 0.2) is 0 Å². The van der Waals surface area contributed by atoms with Gasteiger partial charge in [-0.25, -0.2) is 4.98 Å². The maximum absolute atomic E-state index is 5.02. The van der Waals surface area contributed by atoms with Crippen LogP contribution in [0.3, 0.4) is 0 Å². The van der Waals surface area contributed by atoms with Crippen molar-refractivity contribution in [3.05, 3.63) is 41.3 Å². The third-order valence-corrected chi connectivity index (χ3v) is 7.23. The zero-order valence-corrected chi connectivity index (χ0v) is 18.1. The highest BCUT2D eigenvalue weighted by Gasteiger charge is 2.24. The number of pyridine rings is 1. The van der Waals surface area contributed by atoms with E-state index in [1.54, 1.807) is 0 Å². The average Bonchev–Trinajstić information content (AvgIpc) is 3.39. The van der Waals surface area contributed by atoms with E-state index in [-0.39, 0.29) is 0 Å². The van der Waals surface area contributed by atoms with Gasteiger partial charge in [0.25, 0.3) is 0 Å². The predicted molar refractivity (Wildman–Crippen MR) is 125 cm³/mol. The minimum absolute atomic E-state index is 0.570. The Kier molecular flexibility index (Phi) is 5.16. The Balaban J connectivity index is 1.50. The second-order valence-corrected chi connectivity index (χ2v) is 9.36. The summed E-state index contributed by atoms with van der Waals surface area (Å²) < 4.78 is 1.32. The van der Waals surface area contributed by atoms with E-state index in [1.807, 2.05) is 11.3 Å². The van der Waals surface area contributed by atoms with Gasteiger partial charge in [0.1, 0.15) is 0 Å². The minimum Gasteiger partial charge on any atom is -0.369 e. The molecular weight excluding hydrogens is 378 g/mol. The van der Waals surface area contributed by atoms with Crippen LogP contribution in [0.2, 0.25) is 0 Å². The van der Waals surface area contributed by atoms with Gasteiger partial charge in [-0.1, -0.05) is 12.1 Å². The Bertz CT molecular complexity index is 990. The van der Waals surface area contributed by atoms with Gasteiger partial charge in [0, 0.05) is 61.4 Å². The zero-order valence-electron chi connectivity index (χ0n) is 17.2. The van der Waals surface area contributed by atoms with Crippen molar-refractivity contribution in [1.29, 1.82) is 0 Å². The third kappa shape index (κ3) is 3.72. The predicted octanol–water partition coefficient (Wildman–Crippen LogP) is 3.48. The van der Waals surface area contributed by atoms with Gasteiger partial charge >= 0.3 is 0 Å². The largest absolute Gasteiger partial charge is 0.369 e. The molecular formula is C23H29N5S. The first-order chi connectivity index (χ1) is 14.2. The number of nitrogens with one attached hydrogen (secondary N) is 2. The van der Waals surface area contributed by atoms with E-state index < -0.39 is 0 Å². The van der Waals surface area contributed by atoms with Crippen molar-refractivity contribution in [1.82, 2.24) is 15.6 Å². The molecule has 2 saturated heterocycles. The number of anilines is 2. The summed E-state index contributed by atoms with van der Waals surface area (Å²) in [6, 6.07) is 14.1. The Morgan fingerprint density at radius 1 is 1.07 bits per heavy atom. The molecule has 3 aromatic rings. The molecule has 6 heteroatoms. The number of fused-ring (bicyclic) bond motifs is 1. The minimum atomic E-state index is 0.570. The van der Waals surface area contributed by atoms with Gasteiger partial charge in [-0.05, 0) is 44.7 Å². The molecule has 0 saturated carbocycles. The van der Waals surface area contributed by atoms with Crippen LogP contribution in [0.4, 0.5) is 11.4 Å². The number of benzene rings is 1. The molecule has 5 rings (SSSR count). The molecule has 152 valence electrons. The van der Waals surface area contributed by atoms with Crippen LogP contribution < -0.4 is 20.4 Å². The van der Waals surface area contributed by atoms with Crippen LogP contribution in [0.5, 0.6) is 0 Å². The van der Waals surface area contributed by atoms with Gasteiger partial charge in [0.05, 0.1) is 21.6 Å². The number of rotatable bonds is 4. The van der Waals surface area contributed by atoms with Gasteiger partial charge in [-0.3, -0.25) is 0 Å². The van der Waals surface area contributed by atoms with E-state index in [1.165, 1.54) is 32.9 Å². The van der Waals surface area contributed by atoms with Crippen LogP contribution in [-0.2, 0) is 0 Å². The van der Waals surface area contributed by atoms with E-state index in [0.29, 0.717) is 6.04 Å². The number of hydrogen-bond donors (Lipinski definition) is 2. The van der Waals surface area contributed by atoms with Gasteiger partial charge in [-0.15, -0.1) is 11.3 Å². The van der Waals surface area contributed by atoms with E-state index in [0.717, 1.165) is 50.5 Å². The molecule has 0 bridgehead atoms. The summed E-state index contributed by atoms with van der Waals surface area (Å²) in [7, 11) is 2.07. The molecule has 2 aliphatic heterocycles. The number of aromatic nitrogens is 1. The van der Waals surface area contributed by atoms with Gasteiger partial charge in [-0.2, -0.15) is 0 Å². The molecule has 4 heterocycles. The lowest BCUT2D eigenvalue weighted by molar-refractivity contribution is 0.589. The highest BCUT2D eigenvalue weighted by molar-refractivity contribution is 7.19. The first-order valence-corrected chi connectivity index (χ1v) is 11.4. The van der Waals surface area contributed by atoms with Crippen molar-refractivity contribution in [2.75, 3.05) is 56.1 Å². The highest BCUT2D eigenvalue weighted by atomic mass is 32.1. The van der Waals surface area contributed by atoms with Crippen LogP contribution in [0.1, 0.15) is 11.3 Å². The fourth-order valence-corrected chi connectivity index (χ4v) is 5.48. The number of aryl methyl sites for hydroxylation is 1. The van der Waals surface area contributed by atoms with Gasteiger partial charge < -0.3 is 20.4 Å². The molecule has 0 aliphatic carbocycles. The van der Waals surface area contributed by atoms with Crippen molar-refractivity contribution in [3.8, 4) is 11.3 Å². The summed E-state index contributed by atoms with van der Waals surface area (Å²) in [5.74, 6) is 0. The topological polar surface area (TPSA) is 43.4 Å². The summed E-state index contributed by atoms with van der Waals surface area (Å²) in [5.41, 5.74) is 6.04. The highest BCUT2D eigenvalue weighted by Crippen LogP contribution is 2.37. The molecule has 5 nitrogen and oxygen atoms in total. The fraction of sp³-hybridized carbons (Fsp3) is 0.435. The molecule has 2 N–H and O–H groups in total. The van der Waals surface area contributed by atoms with Crippen LogP contribution in [0.15, 0.2) is 36.4 Å². The molecule has 2 fully saturated rings. The van der Waals surface area contributed by atoms with Crippen molar-refractivity contribution in [2.24, 2.45) is 0 Å². The lowest BCUT2D eigenvalue weighted by Gasteiger charge is -2.29. The first kappa shape index (κ1) is 18.9. The smallest absolute Gasteiger partial charge is 0.0841 e. The summed E-state index contributed by atoms with van der Waals surface area (Å²) in [6.07, 6.45) is 1.19. The Morgan fingerprint density at radius 2 is 1.86 bits per heavy atom. The van der Waals surface area contributed by atoms with Crippen LogP contribution in [0, 0.1) is 6.92 Å². The summed E-state index contributed by atoms with van der Waals surface area (Å²) in [5, 5.41) is 6.86. The Labute approximate surface area is 176 Å². The fourth-order valence-electron chi connectivity index (χ4n) is 4.49. The lowest BCUT2D eigenvalue weighted by atomic mass is 10.1. The second-order valence-electron chi connectivity index (χ2n) is 8.10. The standard InChI is InChI=1S/C23H29N5S/c1-16-13-21-23(29-16)22(28-10-7-18(15-28)24-2)14-20(26-21)17-3-5-19(6-4-17)27-11-8-25-9-12-27/h3-6,13-14,18,24-25H,7-12,15H2,1-2H3. The van der Waals surface area contributed by atoms with E-state index in [4.69, 9.17) is 4.98 Å². The monoisotopic (exact) mass is 407 g/mol. The third-order valence-electron chi connectivity index (χ3n) is 6.17. The number of piperazine rings is 1. The quantitative estimate of drug-likeness (QED) is 0.693. The second kappa shape index (κ2) is 7.94. The van der Waals surface area contributed by atoms with Gasteiger partial charge in [0.2, 0.25) is 0 Å². The molecule has 1 atom stereocenters. The van der Waals surface area contributed by atoms with Crippen LogP contribution in [-0.4, -0.2) is 57.3 Å². The molecule has 1 unspecified atom stereocenters. The van der Waals surface area contributed by atoms with Crippen molar-refractivity contribution < 1.29 is 0 Å². The molecule has 0 amide bonds. The molecule has 1 aromatic carbocycles. The van der Waals surface area contributed by atoms with E-state index in [9.17, 15) is 0 Å². The number of thiophene rings is 1. The zero-order chi connectivity index (χ0) is 19.8. The van der Waals surface area contributed by atoms with E-state index >= 15 is 0 Å². The van der Waals surface area contributed by atoms with Crippen molar-refractivity contribution in [2.45, 2.75) is 19.4 Å². The number of likely N-dealkylation sites (N-methyl/N-ethyl adjacent to an activating group) is 1. The SMILES string of the molecule is CNC1CCN(c2cc(-c3ccc(N4CCNCC4)cc3)nc3cc(C)sc23)C1. The number of hydrogen-bond acceptors (Lipinski definition) is 6. The summed E-state index contributed by atoms with van der Waals surface area (Å²) in [4.78, 5) is 11.3. The summed E-state index contributed by atoms with van der Waals surface area (Å²) >= 11 is 1.86. The first-order valence-electron chi connectivity index (χ1n) is 10.6. The maximum atomic E-state index is 5.02. The molecule has 0 radical (unpaired) electrons. The Hall–Kier alpha value is -2.15. The van der Waals surface area contributed by atoms with Crippen molar-refractivity contribution in [3.63, 3.8) is 0 Å². The lowest BCUT2D eigenvalue weighted by Crippen LogP contribution is -2.43. The normalized spacial score (nSPS) is 20.0. The van der Waals surface area contributed by atoms with Crippen LogP contribution in [0.25, 0.3) is 21.5 Å². The number of nitrogens with zero attached hydrogens (tertiary/aromatic N) is 3. The molecule has 2 aromatic heterocycles. The van der Waals surface area contributed by atoms with Crippen molar-refractivity contribution >= 4 is 32.9 Å². The Morgan fingerprint density at radius 3 is 2.59 bits per heavy atom. The molecule has 0 spiro atoms. The molecule has 29 heavy (non-hydrogen) atoms.